The molecule has 6 heteroatoms. The van der Waals surface area contributed by atoms with Gasteiger partial charge in [0.1, 0.15) is 5.75 Å². The summed E-state index contributed by atoms with van der Waals surface area (Å²) in [5, 5.41) is 0.600. The van der Waals surface area contributed by atoms with E-state index in [2.05, 4.69) is 4.90 Å². The first-order chi connectivity index (χ1) is 9.15. The zero-order valence-electron chi connectivity index (χ0n) is 10.9. The van der Waals surface area contributed by atoms with Crippen LogP contribution in [0.2, 0.25) is 5.02 Å². The molecule has 1 amide bonds. The van der Waals surface area contributed by atoms with Crippen molar-refractivity contribution in [3.63, 3.8) is 0 Å². The molecule has 1 aromatic rings. The van der Waals surface area contributed by atoms with Gasteiger partial charge < -0.3 is 20.3 Å². The molecule has 0 saturated carbocycles. The molecule has 2 N–H and O–H groups in total. The molecule has 0 aromatic heterocycles. The van der Waals surface area contributed by atoms with Gasteiger partial charge in [0, 0.05) is 37.9 Å². The lowest BCUT2D eigenvalue weighted by atomic mass is 10.2. The second-order valence-electron chi connectivity index (χ2n) is 4.39. The largest absolute Gasteiger partial charge is 0.495 e. The summed E-state index contributed by atoms with van der Waals surface area (Å²) in [6.07, 6.45) is 0. The SMILES string of the molecule is COc1cc(N2CCN(C(=O)CN)CC2)ccc1Cl. The maximum atomic E-state index is 11.5. The van der Waals surface area contributed by atoms with Crippen molar-refractivity contribution in [2.75, 3.05) is 44.7 Å². The highest BCUT2D eigenvalue weighted by atomic mass is 35.5. The fraction of sp³-hybridized carbons (Fsp3) is 0.462. The van der Waals surface area contributed by atoms with Crippen molar-refractivity contribution in [1.82, 2.24) is 4.90 Å². The predicted octanol–water partition coefficient (Wildman–Crippen LogP) is 0.956. The van der Waals surface area contributed by atoms with Crippen molar-refractivity contribution in [2.45, 2.75) is 0 Å². The maximum absolute atomic E-state index is 11.5. The van der Waals surface area contributed by atoms with Crippen LogP contribution in [-0.2, 0) is 4.79 Å². The molecule has 0 radical (unpaired) electrons. The Morgan fingerprint density at radius 1 is 1.37 bits per heavy atom. The first-order valence-electron chi connectivity index (χ1n) is 6.22. The molecule has 1 aliphatic heterocycles. The second-order valence-corrected chi connectivity index (χ2v) is 4.80. The van der Waals surface area contributed by atoms with Gasteiger partial charge in [0.25, 0.3) is 0 Å². The van der Waals surface area contributed by atoms with Gasteiger partial charge in [-0.05, 0) is 12.1 Å². The highest BCUT2D eigenvalue weighted by Crippen LogP contribution is 2.29. The Bertz CT molecular complexity index is 459. The monoisotopic (exact) mass is 283 g/mol. The molecule has 2 rings (SSSR count). The number of hydrogen-bond donors (Lipinski definition) is 1. The lowest BCUT2D eigenvalue weighted by Crippen LogP contribution is -2.50. The van der Waals surface area contributed by atoms with Crippen LogP contribution in [0.25, 0.3) is 0 Å². The van der Waals surface area contributed by atoms with E-state index in [1.165, 1.54) is 0 Å². The number of anilines is 1. The summed E-state index contributed by atoms with van der Waals surface area (Å²) in [4.78, 5) is 15.5. The third-order valence-corrected chi connectivity index (χ3v) is 3.62. The van der Waals surface area contributed by atoms with E-state index in [4.69, 9.17) is 22.1 Å². The summed E-state index contributed by atoms with van der Waals surface area (Å²) in [7, 11) is 1.60. The van der Waals surface area contributed by atoms with Gasteiger partial charge in [-0.1, -0.05) is 11.6 Å². The summed E-state index contributed by atoms with van der Waals surface area (Å²) in [5.74, 6) is 0.674. The van der Waals surface area contributed by atoms with Crippen molar-refractivity contribution in [2.24, 2.45) is 5.73 Å². The van der Waals surface area contributed by atoms with E-state index in [1.807, 2.05) is 18.2 Å². The Labute approximate surface area is 117 Å². The number of carbonyl (C=O) groups excluding carboxylic acids is 1. The number of methoxy groups -OCH3 is 1. The lowest BCUT2D eigenvalue weighted by molar-refractivity contribution is -0.129. The van der Waals surface area contributed by atoms with Crippen molar-refractivity contribution >= 4 is 23.2 Å². The van der Waals surface area contributed by atoms with E-state index in [0.717, 1.165) is 18.8 Å². The van der Waals surface area contributed by atoms with Gasteiger partial charge in [0.15, 0.2) is 0 Å². The molecule has 1 aromatic carbocycles. The van der Waals surface area contributed by atoms with Gasteiger partial charge in [-0.3, -0.25) is 4.79 Å². The topological polar surface area (TPSA) is 58.8 Å². The summed E-state index contributed by atoms with van der Waals surface area (Å²) >= 11 is 6.01. The first kappa shape index (κ1) is 14.0. The molecule has 0 aliphatic carbocycles. The summed E-state index contributed by atoms with van der Waals surface area (Å²) in [6, 6.07) is 5.71. The van der Waals surface area contributed by atoms with Gasteiger partial charge in [-0.2, -0.15) is 0 Å². The average Bonchev–Trinajstić information content (AvgIpc) is 2.47. The number of hydrogen-bond acceptors (Lipinski definition) is 4. The number of carbonyl (C=O) groups is 1. The Kier molecular flexibility index (Phi) is 4.50. The van der Waals surface area contributed by atoms with E-state index in [0.29, 0.717) is 23.9 Å². The normalized spacial score (nSPS) is 15.5. The van der Waals surface area contributed by atoms with Crippen molar-refractivity contribution in [3.05, 3.63) is 23.2 Å². The Morgan fingerprint density at radius 3 is 2.63 bits per heavy atom. The van der Waals surface area contributed by atoms with Gasteiger partial charge in [0.2, 0.25) is 5.91 Å². The number of amides is 1. The van der Waals surface area contributed by atoms with Gasteiger partial charge in [-0.15, -0.1) is 0 Å². The molecule has 0 atom stereocenters. The molecule has 0 bridgehead atoms. The van der Waals surface area contributed by atoms with Gasteiger partial charge in [-0.25, -0.2) is 0 Å². The zero-order chi connectivity index (χ0) is 13.8. The number of halogens is 1. The van der Waals surface area contributed by atoms with Crippen LogP contribution in [0, 0.1) is 0 Å². The molecule has 5 nitrogen and oxygen atoms in total. The molecule has 19 heavy (non-hydrogen) atoms. The fourth-order valence-corrected chi connectivity index (χ4v) is 2.38. The zero-order valence-corrected chi connectivity index (χ0v) is 11.7. The van der Waals surface area contributed by atoms with Crippen LogP contribution < -0.4 is 15.4 Å². The van der Waals surface area contributed by atoms with Crippen LogP contribution in [0.15, 0.2) is 18.2 Å². The predicted molar refractivity (Wildman–Crippen MR) is 75.9 cm³/mol. The fourth-order valence-electron chi connectivity index (χ4n) is 2.19. The van der Waals surface area contributed by atoms with E-state index in [9.17, 15) is 4.79 Å². The van der Waals surface area contributed by atoms with E-state index in [1.54, 1.807) is 12.0 Å². The molecular weight excluding hydrogens is 266 g/mol. The van der Waals surface area contributed by atoms with Crippen LogP contribution >= 0.6 is 11.6 Å². The third kappa shape index (κ3) is 3.11. The summed E-state index contributed by atoms with van der Waals surface area (Å²) in [5.41, 5.74) is 6.42. The molecule has 1 fully saturated rings. The number of rotatable bonds is 3. The number of ether oxygens (including phenoxy) is 1. The van der Waals surface area contributed by atoms with Gasteiger partial charge in [0.05, 0.1) is 18.7 Å². The minimum atomic E-state index is 0.00772. The number of nitrogens with two attached hydrogens (primary N) is 1. The van der Waals surface area contributed by atoms with Crippen molar-refractivity contribution < 1.29 is 9.53 Å². The van der Waals surface area contributed by atoms with Crippen LogP contribution in [-0.4, -0.2) is 50.6 Å². The average molecular weight is 284 g/mol. The molecule has 1 saturated heterocycles. The third-order valence-electron chi connectivity index (χ3n) is 3.31. The molecule has 104 valence electrons. The number of piperazine rings is 1. The first-order valence-corrected chi connectivity index (χ1v) is 6.60. The van der Waals surface area contributed by atoms with Crippen LogP contribution in [0.5, 0.6) is 5.75 Å². The van der Waals surface area contributed by atoms with E-state index in [-0.39, 0.29) is 12.5 Å². The van der Waals surface area contributed by atoms with Crippen molar-refractivity contribution in [3.8, 4) is 5.75 Å². The molecular formula is C13H18ClN3O2. The molecule has 1 heterocycles. The lowest BCUT2D eigenvalue weighted by Gasteiger charge is -2.36. The van der Waals surface area contributed by atoms with Crippen LogP contribution in [0.1, 0.15) is 0 Å². The highest BCUT2D eigenvalue weighted by molar-refractivity contribution is 6.32. The maximum Gasteiger partial charge on any atom is 0.236 e. The number of nitrogens with zero attached hydrogens (tertiary/aromatic N) is 2. The second kappa shape index (κ2) is 6.12. The van der Waals surface area contributed by atoms with Crippen LogP contribution in [0.3, 0.4) is 0 Å². The standard InChI is InChI=1S/C13H18ClN3O2/c1-19-12-8-10(2-3-11(12)14)16-4-6-17(7-5-16)13(18)9-15/h2-3,8H,4-7,9,15H2,1H3. The van der Waals surface area contributed by atoms with Gasteiger partial charge >= 0.3 is 0 Å². The smallest absolute Gasteiger partial charge is 0.236 e. The Hall–Kier alpha value is -1.46. The van der Waals surface area contributed by atoms with E-state index >= 15 is 0 Å². The Morgan fingerprint density at radius 2 is 2.05 bits per heavy atom. The van der Waals surface area contributed by atoms with Crippen molar-refractivity contribution in [1.29, 1.82) is 0 Å². The summed E-state index contributed by atoms with van der Waals surface area (Å²) < 4.78 is 5.21. The minimum Gasteiger partial charge on any atom is -0.495 e. The Balaban J connectivity index is 2.03. The van der Waals surface area contributed by atoms with Crippen LogP contribution in [0.4, 0.5) is 5.69 Å². The molecule has 1 aliphatic rings. The molecule has 0 unspecified atom stereocenters. The quantitative estimate of drug-likeness (QED) is 0.898. The number of benzene rings is 1. The summed E-state index contributed by atoms with van der Waals surface area (Å²) in [6.45, 7) is 3.05. The minimum absolute atomic E-state index is 0.00772. The molecule has 0 spiro atoms. The van der Waals surface area contributed by atoms with E-state index < -0.39 is 0 Å². The highest BCUT2D eigenvalue weighted by Gasteiger charge is 2.20.